The van der Waals surface area contributed by atoms with Crippen LogP contribution in [0, 0.1) is 11.8 Å². The molecule has 2 aliphatic heterocycles. The molecule has 0 aromatic carbocycles. The molecule has 0 aromatic rings. The number of amides is 2. The van der Waals surface area contributed by atoms with Crippen LogP contribution in [0.15, 0.2) is 0 Å². The van der Waals surface area contributed by atoms with E-state index in [2.05, 4.69) is 17.6 Å². The summed E-state index contributed by atoms with van der Waals surface area (Å²) in [5.41, 5.74) is 0. The van der Waals surface area contributed by atoms with Gasteiger partial charge in [-0.2, -0.15) is 0 Å². The monoisotopic (exact) mass is 331 g/mol. The van der Waals surface area contributed by atoms with Crippen molar-refractivity contribution in [2.75, 3.05) is 26.2 Å². The molecule has 128 valence electrons. The zero-order chi connectivity index (χ0) is 15.2. The van der Waals surface area contributed by atoms with Gasteiger partial charge in [-0.25, -0.2) is 0 Å². The third kappa shape index (κ3) is 5.13. The number of halogens is 1. The van der Waals surface area contributed by atoms with Crippen molar-refractivity contribution in [1.82, 2.24) is 15.5 Å². The lowest BCUT2D eigenvalue weighted by molar-refractivity contribution is -0.136. The van der Waals surface area contributed by atoms with Gasteiger partial charge < -0.3 is 15.5 Å². The Morgan fingerprint density at radius 2 is 2.09 bits per heavy atom. The van der Waals surface area contributed by atoms with Crippen molar-refractivity contribution in [1.29, 1.82) is 0 Å². The highest BCUT2D eigenvalue weighted by Gasteiger charge is 2.27. The average Bonchev–Trinajstić information content (AvgIpc) is 3.05. The van der Waals surface area contributed by atoms with Gasteiger partial charge in [0.05, 0.1) is 6.04 Å². The molecule has 2 saturated heterocycles. The lowest BCUT2D eigenvalue weighted by Gasteiger charge is -2.34. The molecule has 22 heavy (non-hydrogen) atoms. The summed E-state index contributed by atoms with van der Waals surface area (Å²) in [5.74, 6) is 0.905. The zero-order valence-corrected chi connectivity index (χ0v) is 14.6. The Bertz CT molecular complexity index is 372. The quantitative estimate of drug-likeness (QED) is 0.803. The first-order valence-corrected chi connectivity index (χ1v) is 8.41. The first kappa shape index (κ1) is 19.2. The summed E-state index contributed by atoms with van der Waals surface area (Å²) in [6.45, 7) is 7.36. The fourth-order valence-electron chi connectivity index (χ4n) is 3.19. The van der Waals surface area contributed by atoms with Crippen LogP contribution < -0.4 is 10.6 Å². The van der Waals surface area contributed by atoms with E-state index in [0.717, 1.165) is 51.7 Å². The van der Waals surface area contributed by atoms with Gasteiger partial charge >= 0.3 is 0 Å². The van der Waals surface area contributed by atoms with Gasteiger partial charge in [0, 0.05) is 25.6 Å². The second kappa shape index (κ2) is 9.36. The van der Waals surface area contributed by atoms with Crippen molar-refractivity contribution in [3.05, 3.63) is 0 Å². The molecule has 2 N–H and O–H groups in total. The van der Waals surface area contributed by atoms with E-state index in [1.54, 1.807) is 0 Å². The molecule has 6 heteroatoms. The topological polar surface area (TPSA) is 61.4 Å². The summed E-state index contributed by atoms with van der Waals surface area (Å²) in [7, 11) is 0. The zero-order valence-electron chi connectivity index (χ0n) is 13.8. The number of nitrogens with one attached hydrogen (secondary N) is 2. The van der Waals surface area contributed by atoms with Crippen molar-refractivity contribution in [3.63, 3.8) is 0 Å². The molecule has 0 bridgehead atoms. The van der Waals surface area contributed by atoms with Gasteiger partial charge in [0.25, 0.3) is 0 Å². The predicted octanol–water partition coefficient (Wildman–Crippen LogP) is 1.56. The van der Waals surface area contributed by atoms with Crippen molar-refractivity contribution in [2.45, 2.75) is 52.0 Å². The van der Waals surface area contributed by atoms with E-state index in [0.29, 0.717) is 12.5 Å². The maximum absolute atomic E-state index is 12.3. The maximum atomic E-state index is 12.3. The summed E-state index contributed by atoms with van der Waals surface area (Å²) in [5, 5.41) is 6.27. The van der Waals surface area contributed by atoms with Gasteiger partial charge in [-0.05, 0) is 44.6 Å². The standard InChI is InChI=1S/C16H29N3O2.ClH/c1-3-12(2)16(21)19-9-5-6-13(11-19)10-18-15(20)14-7-4-8-17-14;/h12-14,17H,3-11H2,1-2H3,(H,18,20);1H. The molecule has 0 spiro atoms. The Labute approximate surface area is 140 Å². The molecule has 3 atom stereocenters. The molecule has 0 aromatic heterocycles. The van der Waals surface area contributed by atoms with Crippen LogP contribution in [0.5, 0.6) is 0 Å². The number of nitrogens with zero attached hydrogens (tertiary/aromatic N) is 1. The molecule has 2 amide bonds. The summed E-state index contributed by atoms with van der Waals surface area (Å²) in [6, 6.07) is -0.00793. The predicted molar refractivity (Wildman–Crippen MR) is 90.0 cm³/mol. The first-order chi connectivity index (χ1) is 10.1. The third-order valence-electron chi connectivity index (χ3n) is 4.81. The van der Waals surface area contributed by atoms with Crippen molar-refractivity contribution >= 4 is 24.2 Å². The normalized spacial score (nSPS) is 26.2. The van der Waals surface area contributed by atoms with E-state index in [-0.39, 0.29) is 36.2 Å². The molecule has 2 rings (SSSR count). The maximum Gasteiger partial charge on any atom is 0.237 e. The summed E-state index contributed by atoms with van der Waals surface area (Å²) in [6.07, 6.45) is 5.06. The Morgan fingerprint density at radius 1 is 1.32 bits per heavy atom. The van der Waals surface area contributed by atoms with Gasteiger partial charge in [-0.3, -0.25) is 9.59 Å². The molecular weight excluding hydrogens is 302 g/mol. The second-order valence-electron chi connectivity index (χ2n) is 6.50. The smallest absolute Gasteiger partial charge is 0.237 e. The molecule has 3 unspecified atom stereocenters. The largest absolute Gasteiger partial charge is 0.354 e. The number of hydrogen-bond acceptors (Lipinski definition) is 3. The van der Waals surface area contributed by atoms with E-state index < -0.39 is 0 Å². The SMILES string of the molecule is CCC(C)C(=O)N1CCCC(CNC(=O)C2CCCN2)C1.Cl. The van der Waals surface area contributed by atoms with Crippen molar-refractivity contribution in [2.24, 2.45) is 11.8 Å². The van der Waals surface area contributed by atoms with Crippen molar-refractivity contribution < 1.29 is 9.59 Å². The van der Waals surface area contributed by atoms with Crippen LogP contribution in [-0.4, -0.2) is 48.9 Å². The van der Waals surface area contributed by atoms with Gasteiger partial charge in [-0.1, -0.05) is 13.8 Å². The Balaban J connectivity index is 0.00000242. The number of carbonyl (C=O) groups excluding carboxylic acids is 2. The lowest BCUT2D eigenvalue weighted by Crippen LogP contribution is -2.47. The first-order valence-electron chi connectivity index (χ1n) is 8.41. The van der Waals surface area contributed by atoms with E-state index in [4.69, 9.17) is 0 Å². The number of hydrogen-bond donors (Lipinski definition) is 2. The molecule has 0 radical (unpaired) electrons. The van der Waals surface area contributed by atoms with Crippen LogP contribution in [0.1, 0.15) is 46.0 Å². The number of piperidine rings is 1. The van der Waals surface area contributed by atoms with Crippen molar-refractivity contribution in [3.8, 4) is 0 Å². The van der Waals surface area contributed by atoms with Crippen LogP contribution in [0.25, 0.3) is 0 Å². The van der Waals surface area contributed by atoms with Gasteiger partial charge in [0.2, 0.25) is 11.8 Å². The van der Waals surface area contributed by atoms with E-state index in [1.165, 1.54) is 0 Å². The number of carbonyl (C=O) groups is 2. The second-order valence-corrected chi connectivity index (χ2v) is 6.50. The van der Waals surface area contributed by atoms with Gasteiger partial charge in [0.15, 0.2) is 0 Å². The van der Waals surface area contributed by atoms with Crippen LogP contribution in [0.2, 0.25) is 0 Å². The molecule has 2 aliphatic rings. The van der Waals surface area contributed by atoms with Gasteiger partial charge in [0.1, 0.15) is 0 Å². The van der Waals surface area contributed by atoms with Crippen LogP contribution in [0.4, 0.5) is 0 Å². The number of rotatable bonds is 5. The Hall–Kier alpha value is -0.810. The highest BCUT2D eigenvalue weighted by Crippen LogP contribution is 2.19. The highest BCUT2D eigenvalue weighted by molar-refractivity contribution is 5.85. The van der Waals surface area contributed by atoms with E-state index >= 15 is 0 Å². The van der Waals surface area contributed by atoms with Crippen LogP contribution in [0.3, 0.4) is 0 Å². The fourth-order valence-corrected chi connectivity index (χ4v) is 3.19. The van der Waals surface area contributed by atoms with E-state index in [1.807, 2.05) is 11.8 Å². The molecule has 0 aliphatic carbocycles. The summed E-state index contributed by atoms with van der Waals surface area (Å²) < 4.78 is 0. The minimum absolute atomic E-state index is 0. The minimum Gasteiger partial charge on any atom is -0.354 e. The van der Waals surface area contributed by atoms with Gasteiger partial charge in [-0.15, -0.1) is 12.4 Å². The molecule has 2 fully saturated rings. The lowest BCUT2D eigenvalue weighted by atomic mass is 9.96. The molecule has 2 heterocycles. The van der Waals surface area contributed by atoms with E-state index in [9.17, 15) is 9.59 Å². The molecule has 0 saturated carbocycles. The Morgan fingerprint density at radius 3 is 2.73 bits per heavy atom. The molecule has 5 nitrogen and oxygen atoms in total. The third-order valence-corrected chi connectivity index (χ3v) is 4.81. The summed E-state index contributed by atoms with van der Waals surface area (Å²) in [4.78, 5) is 26.2. The van der Waals surface area contributed by atoms with Crippen LogP contribution >= 0.6 is 12.4 Å². The fraction of sp³-hybridized carbons (Fsp3) is 0.875. The Kier molecular flexibility index (Phi) is 8.18. The van der Waals surface area contributed by atoms with Crippen LogP contribution in [-0.2, 0) is 9.59 Å². The number of likely N-dealkylation sites (tertiary alicyclic amines) is 1. The average molecular weight is 332 g/mol. The summed E-state index contributed by atoms with van der Waals surface area (Å²) >= 11 is 0. The molecular formula is C16H30ClN3O2. The minimum atomic E-state index is -0.00793. The highest BCUT2D eigenvalue weighted by atomic mass is 35.5.